The first-order chi connectivity index (χ1) is 9.20. The zero-order valence-electron chi connectivity index (χ0n) is 11.6. The van der Waals surface area contributed by atoms with Crippen molar-refractivity contribution in [2.24, 2.45) is 7.05 Å². The van der Waals surface area contributed by atoms with Gasteiger partial charge < -0.3 is 0 Å². The van der Waals surface area contributed by atoms with E-state index in [1.165, 1.54) is 4.68 Å². The number of nitrogens with one attached hydrogen (secondary N) is 1. The number of aromatic nitrogens is 3. The summed E-state index contributed by atoms with van der Waals surface area (Å²) in [7, 11) is -2.23. The number of rotatable bonds is 3. The summed E-state index contributed by atoms with van der Waals surface area (Å²) >= 11 is 5.99. The van der Waals surface area contributed by atoms with Crippen molar-refractivity contribution in [3.63, 3.8) is 0 Å². The molecule has 0 bridgehead atoms. The number of nitrogens with zero attached hydrogens (tertiary/aromatic N) is 3. The van der Waals surface area contributed by atoms with E-state index in [4.69, 9.17) is 11.6 Å². The standard InChI is InChI=1S/C12H15ClN4O2S/c1-7-5-8(2)14-10(6-7)16-20(18,19)11-9(3)15-17(4)12(11)13/h5-6H,1-4H3,(H,14,16). The van der Waals surface area contributed by atoms with E-state index in [-0.39, 0.29) is 15.9 Å². The van der Waals surface area contributed by atoms with Gasteiger partial charge >= 0.3 is 0 Å². The van der Waals surface area contributed by atoms with Gasteiger partial charge in [-0.05, 0) is 38.5 Å². The van der Waals surface area contributed by atoms with Crippen LogP contribution in [0.4, 0.5) is 5.82 Å². The molecule has 2 aromatic heterocycles. The van der Waals surface area contributed by atoms with Crippen molar-refractivity contribution in [2.45, 2.75) is 25.7 Å². The molecular weight excluding hydrogens is 300 g/mol. The van der Waals surface area contributed by atoms with Gasteiger partial charge in [0.2, 0.25) is 0 Å². The van der Waals surface area contributed by atoms with Crippen LogP contribution in [0, 0.1) is 20.8 Å². The molecule has 0 aromatic carbocycles. The second-order valence-electron chi connectivity index (χ2n) is 4.61. The smallest absolute Gasteiger partial charge is 0.263 e. The molecule has 2 rings (SSSR count). The Labute approximate surface area is 122 Å². The van der Waals surface area contributed by atoms with Crippen LogP contribution in [-0.2, 0) is 17.1 Å². The van der Waals surface area contributed by atoms with Crippen molar-refractivity contribution in [3.8, 4) is 0 Å². The van der Waals surface area contributed by atoms with E-state index in [9.17, 15) is 8.42 Å². The molecule has 0 aliphatic heterocycles. The molecule has 0 aliphatic rings. The normalized spacial score (nSPS) is 11.7. The highest BCUT2D eigenvalue weighted by molar-refractivity contribution is 7.92. The number of sulfonamides is 1. The van der Waals surface area contributed by atoms with Gasteiger partial charge in [-0.15, -0.1) is 0 Å². The molecule has 0 unspecified atom stereocenters. The summed E-state index contributed by atoms with van der Waals surface area (Å²) in [6.45, 7) is 5.26. The molecule has 0 amide bonds. The Morgan fingerprint density at radius 3 is 2.40 bits per heavy atom. The topological polar surface area (TPSA) is 76.9 Å². The maximum Gasteiger partial charge on any atom is 0.267 e. The minimum absolute atomic E-state index is 0.0253. The van der Waals surface area contributed by atoms with Crippen LogP contribution in [0.1, 0.15) is 17.0 Å². The van der Waals surface area contributed by atoms with Crippen molar-refractivity contribution in [2.75, 3.05) is 4.72 Å². The molecule has 20 heavy (non-hydrogen) atoms. The number of pyridine rings is 1. The van der Waals surface area contributed by atoms with Gasteiger partial charge in [0, 0.05) is 12.7 Å². The number of hydrogen-bond acceptors (Lipinski definition) is 4. The lowest BCUT2D eigenvalue weighted by molar-refractivity contribution is 0.600. The first-order valence-electron chi connectivity index (χ1n) is 5.88. The average molecular weight is 315 g/mol. The van der Waals surface area contributed by atoms with E-state index in [2.05, 4.69) is 14.8 Å². The zero-order valence-corrected chi connectivity index (χ0v) is 13.2. The van der Waals surface area contributed by atoms with Crippen molar-refractivity contribution in [1.82, 2.24) is 14.8 Å². The van der Waals surface area contributed by atoms with E-state index in [0.717, 1.165) is 11.3 Å². The van der Waals surface area contributed by atoms with Crippen LogP contribution in [0.3, 0.4) is 0 Å². The largest absolute Gasteiger partial charge is 0.267 e. The van der Waals surface area contributed by atoms with E-state index >= 15 is 0 Å². The van der Waals surface area contributed by atoms with Crippen LogP contribution >= 0.6 is 11.6 Å². The minimum atomic E-state index is -3.82. The van der Waals surface area contributed by atoms with Crippen LogP contribution in [0.5, 0.6) is 0 Å². The zero-order chi connectivity index (χ0) is 15.1. The van der Waals surface area contributed by atoms with Gasteiger partial charge in [-0.2, -0.15) is 5.10 Å². The maximum absolute atomic E-state index is 12.4. The second-order valence-corrected chi connectivity index (χ2v) is 6.58. The predicted octanol–water partition coefficient (Wildman–Crippen LogP) is 2.19. The number of halogens is 1. The molecule has 6 nitrogen and oxygen atoms in total. The highest BCUT2D eigenvalue weighted by Gasteiger charge is 2.25. The molecule has 0 aliphatic carbocycles. The van der Waals surface area contributed by atoms with Gasteiger partial charge in [-0.1, -0.05) is 11.6 Å². The van der Waals surface area contributed by atoms with Gasteiger partial charge in [0.25, 0.3) is 10.0 Å². The van der Waals surface area contributed by atoms with Gasteiger partial charge in [-0.3, -0.25) is 9.40 Å². The lowest BCUT2D eigenvalue weighted by Crippen LogP contribution is -2.15. The highest BCUT2D eigenvalue weighted by atomic mass is 35.5. The Morgan fingerprint density at radius 1 is 1.25 bits per heavy atom. The summed E-state index contributed by atoms with van der Waals surface area (Å²) in [5.74, 6) is 0.266. The van der Waals surface area contributed by atoms with Crippen molar-refractivity contribution < 1.29 is 8.42 Å². The molecule has 108 valence electrons. The Kier molecular flexibility index (Phi) is 3.75. The fourth-order valence-electron chi connectivity index (χ4n) is 2.00. The summed E-state index contributed by atoms with van der Waals surface area (Å²) in [4.78, 5) is 4.12. The van der Waals surface area contributed by atoms with Gasteiger partial charge in [-0.25, -0.2) is 13.4 Å². The third-order valence-corrected chi connectivity index (χ3v) is 4.76. The minimum Gasteiger partial charge on any atom is -0.263 e. The fourth-order valence-corrected chi connectivity index (χ4v) is 3.74. The molecule has 0 fully saturated rings. The van der Waals surface area contributed by atoms with Crippen LogP contribution in [0.15, 0.2) is 17.0 Å². The summed E-state index contributed by atoms with van der Waals surface area (Å²) in [6.07, 6.45) is 0. The molecule has 0 saturated carbocycles. The van der Waals surface area contributed by atoms with Gasteiger partial charge in [0.05, 0.1) is 5.69 Å². The number of anilines is 1. The fraction of sp³-hybridized carbons (Fsp3) is 0.333. The number of hydrogen-bond donors (Lipinski definition) is 1. The quantitative estimate of drug-likeness (QED) is 0.942. The van der Waals surface area contributed by atoms with Crippen molar-refractivity contribution in [1.29, 1.82) is 0 Å². The molecule has 8 heteroatoms. The van der Waals surface area contributed by atoms with E-state index in [0.29, 0.717) is 5.69 Å². The molecule has 0 spiro atoms. The molecule has 2 aromatic rings. The van der Waals surface area contributed by atoms with Crippen LogP contribution < -0.4 is 4.72 Å². The lowest BCUT2D eigenvalue weighted by Gasteiger charge is -2.08. The summed E-state index contributed by atoms with van der Waals surface area (Å²) in [5, 5.41) is 4.07. The predicted molar refractivity (Wildman–Crippen MR) is 77.5 cm³/mol. The van der Waals surface area contributed by atoms with E-state index in [1.54, 1.807) is 27.0 Å². The SMILES string of the molecule is Cc1cc(C)nc(NS(=O)(=O)c2c(C)nn(C)c2Cl)c1. The first kappa shape index (κ1) is 14.8. The molecule has 0 saturated heterocycles. The van der Waals surface area contributed by atoms with Gasteiger partial charge in [0.15, 0.2) is 0 Å². The van der Waals surface area contributed by atoms with Crippen LogP contribution in [0.2, 0.25) is 5.15 Å². The Morgan fingerprint density at radius 2 is 1.90 bits per heavy atom. The highest BCUT2D eigenvalue weighted by Crippen LogP contribution is 2.26. The summed E-state index contributed by atoms with van der Waals surface area (Å²) < 4.78 is 28.5. The molecule has 0 atom stereocenters. The van der Waals surface area contributed by atoms with Gasteiger partial charge in [0.1, 0.15) is 15.9 Å². The van der Waals surface area contributed by atoms with Crippen LogP contribution in [0.25, 0.3) is 0 Å². The molecule has 1 N–H and O–H groups in total. The molecular formula is C12H15ClN4O2S. The van der Waals surface area contributed by atoms with E-state index < -0.39 is 10.0 Å². The number of aryl methyl sites for hydroxylation is 4. The Hall–Kier alpha value is -1.60. The first-order valence-corrected chi connectivity index (χ1v) is 7.74. The Balaban J connectivity index is 2.46. The maximum atomic E-state index is 12.4. The molecule has 0 radical (unpaired) electrons. The summed E-state index contributed by atoms with van der Waals surface area (Å²) in [5.41, 5.74) is 2.00. The summed E-state index contributed by atoms with van der Waals surface area (Å²) in [6, 6.07) is 3.52. The lowest BCUT2D eigenvalue weighted by atomic mass is 10.2. The third-order valence-electron chi connectivity index (χ3n) is 2.71. The second kappa shape index (κ2) is 5.06. The monoisotopic (exact) mass is 314 g/mol. The van der Waals surface area contributed by atoms with Crippen molar-refractivity contribution in [3.05, 3.63) is 34.2 Å². The van der Waals surface area contributed by atoms with E-state index in [1.807, 2.05) is 13.0 Å². The average Bonchev–Trinajstić information content (AvgIpc) is 2.50. The Bertz CT molecular complexity index is 748. The van der Waals surface area contributed by atoms with Crippen LogP contribution in [-0.4, -0.2) is 23.2 Å². The third kappa shape index (κ3) is 2.78. The van der Waals surface area contributed by atoms with Crippen molar-refractivity contribution >= 4 is 27.4 Å². The molecule has 2 heterocycles.